The molecule has 1 amide bonds. The van der Waals surface area contributed by atoms with Crippen LogP contribution in [0.2, 0.25) is 0 Å². The fraction of sp³-hybridized carbons (Fsp3) is 0.619. The fourth-order valence-corrected chi connectivity index (χ4v) is 3.38. The maximum absolute atomic E-state index is 14.0. The first-order valence-corrected chi connectivity index (χ1v) is 10.3. The third kappa shape index (κ3) is 9.67. The van der Waals surface area contributed by atoms with Crippen LogP contribution >= 0.6 is 24.0 Å². The number of guanidine groups is 1. The van der Waals surface area contributed by atoms with Gasteiger partial charge < -0.3 is 25.2 Å². The summed E-state index contributed by atoms with van der Waals surface area (Å²) in [6.45, 7) is 5.76. The van der Waals surface area contributed by atoms with E-state index in [2.05, 4.69) is 25.4 Å². The molecule has 0 atom stereocenters. The van der Waals surface area contributed by atoms with Gasteiger partial charge in [-0.1, -0.05) is 6.07 Å². The van der Waals surface area contributed by atoms with Crippen LogP contribution in [0.1, 0.15) is 11.1 Å². The molecule has 176 valence electrons. The van der Waals surface area contributed by atoms with Crippen LogP contribution in [0, 0.1) is 5.82 Å². The topological polar surface area (TPSA) is 72.4 Å². The lowest BCUT2D eigenvalue weighted by atomic mass is 10.1. The molecule has 31 heavy (non-hydrogen) atoms. The number of halogens is 2. The highest BCUT2D eigenvalue weighted by Crippen LogP contribution is 2.12. The van der Waals surface area contributed by atoms with Crippen LogP contribution in [0.25, 0.3) is 0 Å². The summed E-state index contributed by atoms with van der Waals surface area (Å²) in [6.07, 6.45) is 0. The van der Waals surface area contributed by atoms with Gasteiger partial charge in [-0.25, -0.2) is 4.39 Å². The first-order chi connectivity index (χ1) is 14.4. The lowest BCUT2D eigenvalue weighted by Gasteiger charge is -2.36. The SMILES string of the molecule is CN=C(NCc1ccc(F)c(CN(C)C)c1)N1CCN(CC(=O)NCCOC)CC1.I. The molecule has 1 saturated heterocycles. The van der Waals surface area contributed by atoms with Gasteiger partial charge in [0.1, 0.15) is 5.82 Å². The Kier molecular flexibility index (Phi) is 12.9. The van der Waals surface area contributed by atoms with Crippen LogP contribution in [0.15, 0.2) is 23.2 Å². The number of hydrogen-bond acceptors (Lipinski definition) is 5. The van der Waals surface area contributed by atoms with Gasteiger partial charge in [0.25, 0.3) is 0 Å². The Labute approximate surface area is 202 Å². The van der Waals surface area contributed by atoms with Gasteiger partial charge in [0.2, 0.25) is 5.91 Å². The number of ether oxygens (including phenoxy) is 1. The molecule has 0 aromatic heterocycles. The van der Waals surface area contributed by atoms with Gasteiger partial charge in [0.05, 0.1) is 13.2 Å². The monoisotopic (exact) mass is 550 g/mol. The molecule has 1 heterocycles. The number of nitrogens with one attached hydrogen (secondary N) is 2. The number of rotatable bonds is 9. The highest BCUT2D eigenvalue weighted by atomic mass is 127. The molecule has 0 aliphatic carbocycles. The summed E-state index contributed by atoms with van der Waals surface area (Å²) in [4.78, 5) is 22.6. The van der Waals surface area contributed by atoms with Gasteiger partial charge in [-0.15, -0.1) is 24.0 Å². The van der Waals surface area contributed by atoms with Gasteiger partial charge >= 0.3 is 0 Å². The Hall–Kier alpha value is -1.50. The van der Waals surface area contributed by atoms with Gasteiger partial charge in [-0.3, -0.25) is 14.7 Å². The molecule has 1 aliphatic heterocycles. The summed E-state index contributed by atoms with van der Waals surface area (Å²) >= 11 is 0. The van der Waals surface area contributed by atoms with Crippen molar-refractivity contribution in [3.8, 4) is 0 Å². The molecular weight excluding hydrogens is 514 g/mol. The summed E-state index contributed by atoms with van der Waals surface area (Å²) in [5, 5.41) is 6.22. The molecule has 8 nitrogen and oxygen atoms in total. The van der Waals surface area contributed by atoms with E-state index in [4.69, 9.17) is 4.74 Å². The zero-order valence-corrected chi connectivity index (χ0v) is 21.3. The van der Waals surface area contributed by atoms with E-state index in [9.17, 15) is 9.18 Å². The molecule has 0 unspecified atom stereocenters. The molecule has 0 bridgehead atoms. The lowest BCUT2D eigenvalue weighted by Crippen LogP contribution is -2.54. The van der Waals surface area contributed by atoms with Crippen molar-refractivity contribution in [2.45, 2.75) is 13.1 Å². The first-order valence-electron chi connectivity index (χ1n) is 10.3. The van der Waals surface area contributed by atoms with Crippen molar-refractivity contribution in [3.05, 3.63) is 35.1 Å². The predicted octanol–water partition coefficient (Wildman–Crippen LogP) is 0.961. The molecule has 1 fully saturated rings. The number of nitrogens with zero attached hydrogens (tertiary/aromatic N) is 4. The highest BCUT2D eigenvalue weighted by Gasteiger charge is 2.21. The second-order valence-corrected chi connectivity index (χ2v) is 7.67. The summed E-state index contributed by atoms with van der Waals surface area (Å²) in [7, 11) is 7.23. The second kappa shape index (κ2) is 14.5. The summed E-state index contributed by atoms with van der Waals surface area (Å²) in [6, 6.07) is 5.22. The van der Waals surface area contributed by atoms with E-state index in [-0.39, 0.29) is 35.7 Å². The molecule has 10 heteroatoms. The molecule has 0 radical (unpaired) electrons. The third-order valence-corrected chi connectivity index (χ3v) is 4.93. The van der Waals surface area contributed by atoms with E-state index in [0.29, 0.717) is 38.3 Å². The minimum atomic E-state index is -0.181. The van der Waals surface area contributed by atoms with E-state index in [0.717, 1.165) is 37.7 Å². The van der Waals surface area contributed by atoms with Gasteiger partial charge in [-0.2, -0.15) is 0 Å². The first kappa shape index (κ1) is 27.5. The zero-order valence-electron chi connectivity index (χ0n) is 19.0. The number of carbonyl (C=O) groups is 1. The van der Waals surface area contributed by atoms with E-state index < -0.39 is 0 Å². The Morgan fingerprint density at radius 2 is 1.94 bits per heavy atom. The van der Waals surface area contributed by atoms with E-state index in [1.165, 1.54) is 6.07 Å². The minimum absolute atomic E-state index is 0. The molecule has 1 aromatic carbocycles. The van der Waals surface area contributed by atoms with Crippen LogP contribution in [-0.4, -0.2) is 101 Å². The zero-order chi connectivity index (χ0) is 21.9. The maximum atomic E-state index is 14.0. The number of aliphatic imine (C=N–C) groups is 1. The Morgan fingerprint density at radius 1 is 1.23 bits per heavy atom. The largest absolute Gasteiger partial charge is 0.383 e. The Morgan fingerprint density at radius 3 is 2.55 bits per heavy atom. The summed E-state index contributed by atoms with van der Waals surface area (Å²) < 4.78 is 18.9. The van der Waals surface area contributed by atoms with Crippen molar-refractivity contribution in [3.63, 3.8) is 0 Å². The number of carbonyl (C=O) groups excluding carboxylic acids is 1. The predicted molar refractivity (Wildman–Crippen MR) is 132 cm³/mol. The Bertz CT molecular complexity index is 711. The lowest BCUT2D eigenvalue weighted by molar-refractivity contribution is -0.122. The smallest absolute Gasteiger partial charge is 0.234 e. The average molecular weight is 550 g/mol. The van der Waals surface area contributed by atoms with Crippen LogP contribution in [0.5, 0.6) is 0 Å². The van der Waals surface area contributed by atoms with Crippen LogP contribution in [0.3, 0.4) is 0 Å². The van der Waals surface area contributed by atoms with Crippen molar-refractivity contribution in [2.75, 3.05) is 74.1 Å². The van der Waals surface area contributed by atoms with Crippen LogP contribution in [-0.2, 0) is 22.6 Å². The van der Waals surface area contributed by atoms with Crippen molar-refractivity contribution < 1.29 is 13.9 Å². The second-order valence-electron chi connectivity index (χ2n) is 7.67. The van der Waals surface area contributed by atoms with E-state index >= 15 is 0 Å². The normalized spacial score (nSPS) is 15.0. The van der Waals surface area contributed by atoms with Crippen molar-refractivity contribution in [2.24, 2.45) is 4.99 Å². The molecule has 2 N–H and O–H groups in total. The number of benzene rings is 1. The number of methoxy groups -OCH3 is 1. The molecule has 1 aliphatic rings. The van der Waals surface area contributed by atoms with Crippen molar-refractivity contribution >= 4 is 35.8 Å². The van der Waals surface area contributed by atoms with Crippen LogP contribution < -0.4 is 10.6 Å². The molecule has 0 saturated carbocycles. The average Bonchev–Trinajstić information content (AvgIpc) is 2.71. The Balaban J connectivity index is 0.00000480. The molecule has 2 rings (SSSR count). The summed E-state index contributed by atoms with van der Waals surface area (Å²) in [5.41, 5.74) is 1.70. The minimum Gasteiger partial charge on any atom is -0.383 e. The number of amides is 1. The highest BCUT2D eigenvalue weighted by molar-refractivity contribution is 14.0. The van der Waals surface area contributed by atoms with Gasteiger partial charge in [0, 0.05) is 65.5 Å². The number of hydrogen-bond donors (Lipinski definition) is 2. The molecule has 0 spiro atoms. The molecule has 1 aromatic rings. The number of piperazine rings is 1. The van der Waals surface area contributed by atoms with E-state index in [1.54, 1.807) is 20.2 Å². The standard InChI is InChI=1S/C21H35FN6O2.HI/c1-23-21(25-14-17-5-6-19(22)18(13-17)15-26(2)3)28-10-8-27(9-11-28)16-20(29)24-7-12-30-4;/h5-6,13H,7-12,14-16H2,1-4H3,(H,23,25)(H,24,29);1H. The van der Waals surface area contributed by atoms with Gasteiger partial charge in [-0.05, 0) is 31.8 Å². The molecular formula is C21H36FIN6O2. The van der Waals surface area contributed by atoms with Gasteiger partial charge in [0.15, 0.2) is 5.96 Å². The van der Waals surface area contributed by atoms with Crippen molar-refractivity contribution in [1.82, 2.24) is 25.3 Å². The van der Waals surface area contributed by atoms with Crippen molar-refractivity contribution in [1.29, 1.82) is 0 Å². The quantitative estimate of drug-likeness (QED) is 0.207. The summed E-state index contributed by atoms with van der Waals surface area (Å²) in [5.74, 6) is 0.657. The maximum Gasteiger partial charge on any atom is 0.234 e. The van der Waals surface area contributed by atoms with E-state index in [1.807, 2.05) is 25.1 Å². The van der Waals surface area contributed by atoms with Crippen LogP contribution in [0.4, 0.5) is 4.39 Å². The third-order valence-electron chi connectivity index (χ3n) is 4.93. The fourth-order valence-electron chi connectivity index (χ4n) is 3.38.